The van der Waals surface area contributed by atoms with Gasteiger partial charge >= 0.3 is 0 Å². The fraction of sp³-hybridized carbons (Fsp3) is 0.462. The highest BCUT2D eigenvalue weighted by molar-refractivity contribution is 7.17. The third-order valence-corrected chi connectivity index (χ3v) is 6.80. The first-order valence-corrected chi connectivity index (χ1v) is 13.0. The monoisotopic (exact) mass is 513 g/mol. The summed E-state index contributed by atoms with van der Waals surface area (Å²) in [4.78, 5) is 18.1. The maximum Gasteiger partial charge on any atom is 0.245 e. The maximum absolute atomic E-state index is 11.2. The lowest BCUT2D eigenvalue weighted by Crippen LogP contribution is -2.36. The summed E-state index contributed by atoms with van der Waals surface area (Å²) < 4.78 is 5.91. The van der Waals surface area contributed by atoms with Gasteiger partial charge in [-0.1, -0.05) is 18.3 Å². The molecular formula is C26H35N5O4S. The van der Waals surface area contributed by atoms with Gasteiger partial charge in [0.25, 0.3) is 0 Å². The van der Waals surface area contributed by atoms with Crippen LogP contribution in [-0.4, -0.2) is 70.3 Å². The summed E-state index contributed by atoms with van der Waals surface area (Å²) in [6.07, 6.45) is -0.149. The predicted octanol–water partition coefficient (Wildman–Crippen LogP) is 3.14. The molecule has 0 aliphatic carbocycles. The summed E-state index contributed by atoms with van der Waals surface area (Å²) in [5.74, 6) is 1.12. The first kappa shape index (κ1) is 27.5. The minimum Gasteiger partial charge on any atom is -0.490 e. The van der Waals surface area contributed by atoms with Crippen molar-refractivity contribution in [3.05, 3.63) is 41.1 Å². The largest absolute Gasteiger partial charge is 0.490 e. The minimum absolute atomic E-state index is 0.00993. The molecule has 3 aromatic rings. The molecule has 1 atom stereocenters. The number of carbonyl (C=O) groups excluding carboxylic acids is 1. The highest BCUT2D eigenvalue weighted by Gasteiger charge is 2.17. The smallest absolute Gasteiger partial charge is 0.245 e. The van der Waals surface area contributed by atoms with Crippen LogP contribution >= 0.6 is 11.3 Å². The molecule has 9 nitrogen and oxygen atoms in total. The van der Waals surface area contributed by atoms with Gasteiger partial charge in [0.05, 0.1) is 0 Å². The zero-order chi connectivity index (χ0) is 26.2. The van der Waals surface area contributed by atoms with E-state index in [1.807, 2.05) is 39.0 Å². The van der Waals surface area contributed by atoms with Gasteiger partial charge in [-0.25, -0.2) is 4.98 Å². The van der Waals surface area contributed by atoms with Gasteiger partial charge in [0.15, 0.2) is 0 Å². The van der Waals surface area contributed by atoms with E-state index in [9.17, 15) is 9.90 Å². The van der Waals surface area contributed by atoms with Gasteiger partial charge in [0.2, 0.25) is 5.91 Å². The zero-order valence-electron chi connectivity index (χ0n) is 21.5. The van der Waals surface area contributed by atoms with Crippen LogP contribution < -0.4 is 15.0 Å². The van der Waals surface area contributed by atoms with Gasteiger partial charge in [-0.2, -0.15) is 0 Å². The van der Waals surface area contributed by atoms with Gasteiger partial charge in [0.1, 0.15) is 40.9 Å². The second kappa shape index (κ2) is 12.8. The number of ether oxygens (including phenoxy) is 1. The van der Waals surface area contributed by atoms with Crippen molar-refractivity contribution in [1.29, 1.82) is 0 Å². The van der Waals surface area contributed by atoms with Crippen LogP contribution in [-0.2, 0) is 11.2 Å². The molecule has 0 saturated carbocycles. The van der Waals surface area contributed by atoms with Crippen LogP contribution in [0.5, 0.6) is 5.75 Å². The van der Waals surface area contributed by atoms with Crippen molar-refractivity contribution in [2.45, 2.75) is 47.1 Å². The lowest BCUT2D eigenvalue weighted by molar-refractivity contribution is -0.124. The van der Waals surface area contributed by atoms with Crippen LogP contribution in [0.2, 0.25) is 0 Å². The molecular weight excluding hydrogens is 478 g/mol. The van der Waals surface area contributed by atoms with Crippen molar-refractivity contribution in [3.8, 4) is 26.9 Å². The van der Waals surface area contributed by atoms with Crippen LogP contribution in [0.1, 0.15) is 37.6 Å². The number of hydrogen-bond donors (Lipinski definition) is 3. The summed E-state index contributed by atoms with van der Waals surface area (Å²) in [5, 5.41) is 31.9. The Morgan fingerprint density at radius 3 is 2.36 bits per heavy atom. The molecule has 0 fully saturated rings. The topological polar surface area (TPSA) is 121 Å². The Morgan fingerprint density at radius 1 is 1.08 bits per heavy atom. The quantitative estimate of drug-likeness (QED) is 0.338. The van der Waals surface area contributed by atoms with Crippen LogP contribution in [0.15, 0.2) is 24.3 Å². The number of amides is 1. The van der Waals surface area contributed by atoms with Crippen molar-refractivity contribution < 1.29 is 19.7 Å². The van der Waals surface area contributed by atoms with E-state index in [1.165, 1.54) is 11.3 Å². The Hall–Kier alpha value is -3.08. The number of aliphatic hydroxyl groups excluding tert-OH is 2. The van der Waals surface area contributed by atoms with Crippen LogP contribution in [0.4, 0.5) is 5.82 Å². The number of aromatic nitrogens is 3. The second-order valence-electron chi connectivity index (χ2n) is 8.50. The summed E-state index contributed by atoms with van der Waals surface area (Å²) in [6.45, 7) is 11.4. The molecule has 10 heteroatoms. The van der Waals surface area contributed by atoms with Crippen molar-refractivity contribution in [3.63, 3.8) is 0 Å². The second-order valence-corrected chi connectivity index (χ2v) is 9.48. The molecule has 3 rings (SSSR count). The Bertz CT molecular complexity index is 1180. The van der Waals surface area contributed by atoms with Crippen molar-refractivity contribution >= 4 is 23.1 Å². The standard InChI is InChI=1S/C26H35N5O4S/c1-6-18-11-19(9-16(4)24(18)35-15-21(33)13-27-23(34)14-32)25-29-30-26(36-25)20-10-17(5)28-22(12-20)31(7-2)8-3/h9-12,21,32-33H,6-8,13-15H2,1-5H3,(H,27,34). The first-order valence-electron chi connectivity index (χ1n) is 12.2. The Morgan fingerprint density at radius 2 is 1.75 bits per heavy atom. The molecule has 0 spiro atoms. The minimum atomic E-state index is -0.889. The van der Waals surface area contributed by atoms with Crippen molar-refractivity contribution in [2.24, 2.45) is 0 Å². The number of hydrogen-bond acceptors (Lipinski definition) is 9. The van der Waals surface area contributed by atoms with Crippen LogP contribution in [0.25, 0.3) is 21.1 Å². The number of anilines is 1. The number of nitrogens with zero attached hydrogens (tertiary/aromatic N) is 4. The number of rotatable bonds is 12. The summed E-state index contributed by atoms with van der Waals surface area (Å²) in [5.41, 5.74) is 4.83. The molecule has 0 saturated heterocycles. The number of aryl methyl sites for hydroxylation is 3. The Labute approximate surface area is 216 Å². The highest BCUT2D eigenvalue weighted by Crippen LogP contribution is 2.35. The fourth-order valence-corrected chi connectivity index (χ4v) is 4.72. The normalized spacial score (nSPS) is 11.9. The molecule has 0 radical (unpaired) electrons. The molecule has 194 valence electrons. The molecule has 1 aromatic carbocycles. The van der Waals surface area contributed by atoms with Gasteiger partial charge in [0, 0.05) is 36.5 Å². The molecule has 0 aliphatic rings. The third kappa shape index (κ3) is 6.77. The molecule has 36 heavy (non-hydrogen) atoms. The summed E-state index contributed by atoms with van der Waals surface area (Å²) >= 11 is 1.54. The summed E-state index contributed by atoms with van der Waals surface area (Å²) in [6, 6.07) is 8.16. The van der Waals surface area contributed by atoms with E-state index in [2.05, 4.69) is 45.3 Å². The van der Waals surface area contributed by atoms with E-state index >= 15 is 0 Å². The Balaban J connectivity index is 1.81. The SMILES string of the molecule is CCc1cc(-c2nnc(-c3cc(C)nc(N(CC)CC)c3)s2)cc(C)c1OCC(O)CNC(=O)CO. The third-order valence-electron chi connectivity index (χ3n) is 5.78. The van der Waals surface area contributed by atoms with E-state index in [4.69, 9.17) is 9.84 Å². The molecule has 1 unspecified atom stereocenters. The maximum atomic E-state index is 11.2. The van der Waals surface area contributed by atoms with Gasteiger partial charge < -0.3 is 25.2 Å². The van der Waals surface area contributed by atoms with Crippen LogP contribution in [0.3, 0.4) is 0 Å². The molecule has 2 heterocycles. The Kier molecular flexibility index (Phi) is 9.74. The molecule has 3 N–H and O–H groups in total. The average Bonchev–Trinajstić information content (AvgIpc) is 3.37. The molecule has 2 aromatic heterocycles. The van der Waals surface area contributed by atoms with E-state index in [0.717, 1.165) is 63.3 Å². The number of benzene rings is 1. The molecule has 0 aliphatic heterocycles. The van der Waals surface area contributed by atoms with Gasteiger partial charge in [-0.3, -0.25) is 4.79 Å². The van der Waals surface area contributed by atoms with E-state index < -0.39 is 18.6 Å². The lowest BCUT2D eigenvalue weighted by atomic mass is 10.0. The summed E-state index contributed by atoms with van der Waals surface area (Å²) in [7, 11) is 0. The van der Waals surface area contributed by atoms with E-state index in [-0.39, 0.29) is 13.2 Å². The molecule has 0 bridgehead atoms. The number of nitrogens with one attached hydrogen (secondary N) is 1. The predicted molar refractivity (Wildman–Crippen MR) is 143 cm³/mol. The lowest BCUT2D eigenvalue weighted by Gasteiger charge is -2.20. The van der Waals surface area contributed by atoms with Crippen LogP contribution in [0, 0.1) is 13.8 Å². The van der Waals surface area contributed by atoms with Gasteiger partial charge in [-0.05, 0) is 69.5 Å². The number of pyridine rings is 1. The first-order chi connectivity index (χ1) is 17.3. The van der Waals surface area contributed by atoms with Crippen molar-refractivity contribution in [2.75, 3.05) is 37.7 Å². The molecule has 1 amide bonds. The number of carbonyl (C=O) groups is 1. The zero-order valence-corrected chi connectivity index (χ0v) is 22.4. The number of aliphatic hydroxyl groups is 2. The van der Waals surface area contributed by atoms with E-state index in [1.54, 1.807) is 0 Å². The van der Waals surface area contributed by atoms with Gasteiger partial charge in [-0.15, -0.1) is 10.2 Å². The van der Waals surface area contributed by atoms with E-state index in [0.29, 0.717) is 5.75 Å². The fourth-order valence-electron chi connectivity index (χ4n) is 3.91. The average molecular weight is 514 g/mol. The highest BCUT2D eigenvalue weighted by atomic mass is 32.1. The van der Waals surface area contributed by atoms with Crippen molar-refractivity contribution in [1.82, 2.24) is 20.5 Å².